The van der Waals surface area contributed by atoms with Crippen LogP contribution in [-0.2, 0) is 4.74 Å². The number of carbonyl (C=O) groups excluding carboxylic acids is 1. The fourth-order valence-corrected chi connectivity index (χ4v) is 3.61. The third kappa shape index (κ3) is 3.94. The third-order valence-corrected chi connectivity index (χ3v) is 4.99. The van der Waals surface area contributed by atoms with Crippen molar-refractivity contribution in [2.75, 3.05) is 13.7 Å². The van der Waals surface area contributed by atoms with Crippen LogP contribution in [0.1, 0.15) is 20.7 Å². The summed E-state index contributed by atoms with van der Waals surface area (Å²) in [5.41, 5.74) is 0. The Morgan fingerprint density at radius 1 is 1.26 bits per heavy atom. The molecule has 0 aliphatic carbocycles. The van der Waals surface area contributed by atoms with E-state index in [0.29, 0.717) is 20.1 Å². The van der Waals surface area contributed by atoms with Gasteiger partial charge in [0, 0.05) is 18.5 Å². The number of thiophene rings is 2. The molecular formula is C12H11Cl2NO2S2. The van der Waals surface area contributed by atoms with Crippen molar-refractivity contribution in [2.24, 2.45) is 0 Å². The van der Waals surface area contributed by atoms with Gasteiger partial charge in [-0.1, -0.05) is 23.2 Å². The summed E-state index contributed by atoms with van der Waals surface area (Å²) in [6.45, 7) is 0.391. The van der Waals surface area contributed by atoms with Gasteiger partial charge in [-0.15, -0.1) is 22.7 Å². The molecule has 0 aromatic carbocycles. The summed E-state index contributed by atoms with van der Waals surface area (Å²) in [6, 6.07) is 7.11. The van der Waals surface area contributed by atoms with Gasteiger partial charge in [0.25, 0.3) is 5.91 Å². The normalized spacial score (nSPS) is 12.4. The molecule has 0 aliphatic heterocycles. The molecule has 2 rings (SSSR count). The van der Waals surface area contributed by atoms with Gasteiger partial charge in [0.05, 0.1) is 13.5 Å². The van der Waals surface area contributed by atoms with Crippen molar-refractivity contribution in [3.05, 3.63) is 42.7 Å². The summed E-state index contributed by atoms with van der Waals surface area (Å²) in [5.74, 6) is -0.151. The Morgan fingerprint density at radius 3 is 2.47 bits per heavy atom. The maximum Gasteiger partial charge on any atom is 0.261 e. The van der Waals surface area contributed by atoms with Crippen molar-refractivity contribution in [1.82, 2.24) is 5.32 Å². The summed E-state index contributed by atoms with van der Waals surface area (Å²) in [4.78, 5) is 13.4. The first-order valence-electron chi connectivity index (χ1n) is 5.41. The molecule has 2 aromatic rings. The van der Waals surface area contributed by atoms with Crippen LogP contribution in [0.15, 0.2) is 24.3 Å². The number of carbonyl (C=O) groups is 1. The van der Waals surface area contributed by atoms with Crippen molar-refractivity contribution in [3.63, 3.8) is 0 Å². The van der Waals surface area contributed by atoms with Crippen molar-refractivity contribution < 1.29 is 9.53 Å². The van der Waals surface area contributed by atoms with Crippen molar-refractivity contribution in [1.29, 1.82) is 0 Å². The highest BCUT2D eigenvalue weighted by Crippen LogP contribution is 2.28. The average molecular weight is 336 g/mol. The number of rotatable bonds is 5. The molecule has 3 nitrogen and oxygen atoms in total. The van der Waals surface area contributed by atoms with Crippen LogP contribution in [0.25, 0.3) is 0 Å². The predicted molar refractivity (Wildman–Crippen MR) is 80.7 cm³/mol. The highest BCUT2D eigenvalue weighted by atomic mass is 35.5. The summed E-state index contributed by atoms with van der Waals surface area (Å²) < 4.78 is 6.65. The zero-order valence-corrected chi connectivity index (χ0v) is 13.1. The lowest BCUT2D eigenvalue weighted by atomic mass is 10.3. The van der Waals surface area contributed by atoms with Gasteiger partial charge >= 0.3 is 0 Å². The number of nitrogens with one attached hydrogen (secondary N) is 1. The van der Waals surface area contributed by atoms with E-state index in [9.17, 15) is 4.79 Å². The van der Waals surface area contributed by atoms with Gasteiger partial charge in [-0.05, 0) is 24.3 Å². The largest absolute Gasteiger partial charge is 0.374 e. The van der Waals surface area contributed by atoms with Crippen LogP contribution in [-0.4, -0.2) is 19.6 Å². The third-order valence-electron chi connectivity index (χ3n) is 2.44. The minimum atomic E-state index is -0.197. The van der Waals surface area contributed by atoms with Crippen molar-refractivity contribution in [3.8, 4) is 0 Å². The lowest BCUT2D eigenvalue weighted by Crippen LogP contribution is -2.28. The van der Waals surface area contributed by atoms with E-state index in [1.165, 1.54) is 22.7 Å². The van der Waals surface area contributed by atoms with Gasteiger partial charge in [0.15, 0.2) is 0 Å². The number of hydrogen-bond acceptors (Lipinski definition) is 4. The second kappa shape index (κ2) is 6.72. The lowest BCUT2D eigenvalue weighted by molar-refractivity contribution is 0.0841. The Balaban J connectivity index is 1.95. The molecule has 0 aliphatic rings. The van der Waals surface area contributed by atoms with Crippen LogP contribution in [0.2, 0.25) is 8.67 Å². The zero-order valence-electron chi connectivity index (χ0n) is 9.98. The molecule has 19 heavy (non-hydrogen) atoms. The predicted octanol–water partition coefficient (Wildman–Crippen LogP) is 4.23. The topological polar surface area (TPSA) is 38.3 Å². The molecule has 1 N–H and O–H groups in total. The molecular weight excluding hydrogens is 325 g/mol. The van der Waals surface area contributed by atoms with E-state index in [4.69, 9.17) is 27.9 Å². The highest BCUT2D eigenvalue weighted by Gasteiger charge is 2.15. The van der Waals surface area contributed by atoms with Gasteiger partial charge in [0.2, 0.25) is 0 Å². The fourth-order valence-electron chi connectivity index (χ4n) is 1.51. The highest BCUT2D eigenvalue weighted by molar-refractivity contribution is 7.18. The summed E-state index contributed by atoms with van der Waals surface area (Å²) >= 11 is 14.4. The smallest absolute Gasteiger partial charge is 0.261 e. The van der Waals surface area contributed by atoms with E-state index in [1.54, 1.807) is 19.2 Å². The van der Waals surface area contributed by atoms with Gasteiger partial charge in [-0.2, -0.15) is 0 Å². The Kier molecular flexibility index (Phi) is 5.24. The van der Waals surface area contributed by atoms with Gasteiger partial charge in [-0.3, -0.25) is 4.79 Å². The first kappa shape index (κ1) is 14.8. The number of ether oxygens (including phenoxy) is 1. The molecule has 2 aromatic heterocycles. The maximum absolute atomic E-state index is 11.9. The van der Waals surface area contributed by atoms with E-state index in [-0.39, 0.29) is 12.0 Å². The Morgan fingerprint density at radius 2 is 1.95 bits per heavy atom. The van der Waals surface area contributed by atoms with E-state index in [2.05, 4.69) is 5.32 Å². The Labute approximate surface area is 129 Å². The zero-order chi connectivity index (χ0) is 13.8. The molecule has 102 valence electrons. The molecule has 0 saturated heterocycles. The minimum Gasteiger partial charge on any atom is -0.374 e. The van der Waals surface area contributed by atoms with Crippen LogP contribution in [0.4, 0.5) is 0 Å². The summed E-state index contributed by atoms with van der Waals surface area (Å²) in [7, 11) is 1.60. The number of amides is 1. The van der Waals surface area contributed by atoms with Crippen LogP contribution < -0.4 is 5.32 Å². The molecule has 1 unspecified atom stereocenters. The maximum atomic E-state index is 11.9. The van der Waals surface area contributed by atoms with Crippen LogP contribution in [0, 0.1) is 0 Å². The molecule has 1 amide bonds. The van der Waals surface area contributed by atoms with Crippen LogP contribution >= 0.6 is 45.9 Å². The molecule has 0 radical (unpaired) electrons. The quantitative estimate of drug-likeness (QED) is 0.887. The van der Waals surface area contributed by atoms with E-state index < -0.39 is 0 Å². The second-order valence-corrected chi connectivity index (χ2v) is 7.14. The summed E-state index contributed by atoms with van der Waals surface area (Å²) in [6.07, 6.45) is -0.197. The fraction of sp³-hybridized carbons (Fsp3) is 0.250. The molecule has 2 heterocycles. The minimum absolute atomic E-state index is 0.151. The first-order valence-corrected chi connectivity index (χ1v) is 7.80. The molecule has 0 fully saturated rings. The van der Waals surface area contributed by atoms with Gasteiger partial charge in [0.1, 0.15) is 6.10 Å². The number of methoxy groups -OCH3 is 1. The molecule has 0 bridgehead atoms. The Bertz CT molecular complexity index is 568. The standard InChI is InChI=1S/C12H11Cl2NO2S2/c1-17-7(8-2-4-10(13)18-8)6-15-12(16)9-3-5-11(14)19-9/h2-5,7H,6H2,1H3,(H,15,16). The molecule has 7 heteroatoms. The van der Waals surface area contributed by atoms with E-state index in [0.717, 1.165) is 4.88 Å². The average Bonchev–Trinajstić information content (AvgIpc) is 2.99. The van der Waals surface area contributed by atoms with E-state index >= 15 is 0 Å². The first-order chi connectivity index (χ1) is 9.10. The van der Waals surface area contributed by atoms with Gasteiger partial charge in [-0.25, -0.2) is 0 Å². The Hall–Kier alpha value is -0.590. The second-order valence-electron chi connectivity index (χ2n) is 3.68. The van der Waals surface area contributed by atoms with Crippen LogP contribution in [0.5, 0.6) is 0 Å². The van der Waals surface area contributed by atoms with Crippen LogP contribution in [0.3, 0.4) is 0 Å². The molecule has 0 saturated carbocycles. The van der Waals surface area contributed by atoms with Crippen molar-refractivity contribution in [2.45, 2.75) is 6.10 Å². The lowest BCUT2D eigenvalue weighted by Gasteiger charge is -2.14. The molecule has 1 atom stereocenters. The number of halogens is 2. The number of hydrogen-bond donors (Lipinski definition) is 1. The SMILES string of the molecule is COC(CNC(=O)c1ccc(Cl)s1)c1ccc(Cl)s1. The van der Waals surface area contributed by atoms with Gasteiger partial charge < -0.3 is 10.1 Å². The molecule has 0 spiro atoms. The van der Waals surface area contributed by atoms with E-state index in [1.807, 2.05) is 12.1 Å². The summed E-state index contributed by atoms with van der Waals surface area (Å²) in [5, 5.41) is 2.82. The van der Waals surface area contributed by atoms with Crippen molar-refractivity contribution >= 4 is 51.8 Å². The monoisotopic (exact) mass is 335 g/mol.